The molecule has 1 heterocycles. The Bertz CT molecular complexity index is 116. The van der Waals surface area contributed by atoms with Crippen molar-refractivity contribution in [2.45, 2.75) is 58.0 Å². The zero-order chi connectivity index (χ0) is 7.83. The average molecular weight is 181 g/mol. The normalized spacial score (nSPS) is 27.3. The van der Waals surface area contributed by atoms with Crippen LogP contribution in [-0.4, -0.2) is 11.1 Å². The molecule has 2 heteroatoms. The van der Waals surface area contributed by atoms with Gasteiger partial charge in [-0.15, -0.1) is 0 Å². The summed E-state index contributed by atoms with van der Waals surface area (Å²) in [7, 11) is 0. The minimum absolute atomic E-state index is 0. The minimum Gasteiger partial charge on any atom is -0.307 e. The van der Waals surface area contributed by atoms with Crippen LogP contribution < -0.4 is 5.32 Å². The number of rotatable bonds is 0. The Morgan fingerprint density at radius 1 is 0.909 bits per heavy atom. The molecule has 0 aromatic rings. The van der Waals surface area contributed by atoms with E-state index in [9.17, 15) is 0 Å². The zero-order valence-corrected chi connectivity index (χ0v) is 8.68. The molecule has 0 bridgehead atoms. The number of hydrogen-bond donors (Lipinski definition) is 1. The quantitative estimate of drug-likeness (QED) is 0.604. The molecule has 68 valence electrons. The number of hydrogen-bond acceptors (Lipinski definition) is 1. The zero-order valence-electron chi connectivity index (χ0n) is 7.97. The summed E-state index contributed by atoms with van der Waals surface area (Å²) in [5.74, 6) is 0. The van der Waals surface area contributed by atoms with Crippen LogP contribution in [0.4, 0.5) is 0 Å². The van der Waals surface area contributed by atoms with Crippen molar-refractivity contribution in [2.75, 3.05) is 0 Å². The first-order valence-electron chi connectivity index (χ1n) is 4.21. The van der Waals surface area contributed by atoms with Crippen LogP contribution in [0.3, 0.4) is 0 Å². The van der Waals surface area contributed by atoms with Gasteiger partial charge in [-0.05, 0) is 47.0 Å². The van der Waals surface area contributed by atoms with Crippen molar-refractivity contribution in [1.29, 1.82) is 0 Å². The van der Waals surface area contributed by atoms with Gasteiger partial charge in [-0.2, -0.15) is 0 Å². The first-order valence-corrected chi connectivity index (χ1v) is 4.21. The Labute approximate surface area is 100 Å². The molecule has 0 amide bonds. The molecule has 0 saturated carbocycles. The van der Waals surface area contributed by atoms with Crippen molar-refractivity contribution in [2.24, 2.45) is 0 Å². The fourth-order valence-electron chi connectivity index (χ4n) is 2.01. The third-order valence-corrected chi connectivity index (χ3v) is 2.28. The van der Waals surface area contributed by atoms with Crippen LogP contribution in [0.1, 0.15) is 47.0 Å². The van der Waals surface area contributed by atoms with E-state index < -0.39 is 0 Å². The van der Waals surface area contributed by atoms with Crippen LogP contribution in [0.25, 0.3) is 0 Å². The van der Waals surface area contributed by atoms with E-state index in [0.29, 0.717) is 11.1 Å². The monoisotopic (exact) mass is 181 g/mol. The van der Waals surface area contributed by atoms with E-state index in [1.807, 2.05) is 0 Å². The predicted molar refractivity (Wildman–Crippen MR) is 45.1 cm³/mol. The summed E-state index contributed by atoms with van der Waals surface area (Å²) in [6.07, 6.45) is 4.00. The number of piperidine rings is 1. The molecule has 1 aliphatic rings. The first kappa shape index (κ1) is 12.2. The van der Waals surface area contributed by atoms with Crippen LogP contribution in [0.5, 0.6) is 0 Å². The third kappa shape index (κ3) is 4.12. The van der Waals surface area contributed by atoms with Gasteiger partial charge in [0.25, 0.3) is 0 Å². The smallest absolute Gasteiger partial charge is 0.0130 e. The second kappa shape index (κ2) is 3.95. The van der Waals surface area contributed by atoms with Crippen molar-refractivity contribution in [3.63, 3.8) is 0 Å². The predicted octanol–water partition coefficient (Wildman–Crippen LogP) is 2.32. The van der Waals surface area contributed by atoms with E-state index in [0.717, 1.165) is 0 Å². The van der Waals surface area contributed by atoms with Crippen LogP contribution >= 0.6 is 0 Å². The summed E-state index contributed by atoms with van der Waals surface area (Å²) in [5, 5.41) is 3.63. The maximum Gasteiger partial charge on any atom is 0.0130 e. The second-order valence-corrected chi connectivity index (χ2v) is 4.75. The van der Waals surface area contributed by atoms with Crippen molar-refractivity contribution in [1.82, 2.24) is 5.32 Å². The largest absolute Gasteiger partial charge is 0.307 e. The van der Waals surface area contributed by atoms with E-state index in [2.05, 4.69) is 33.0 Å². The van der Waals surface area contributed by atoms with Crippen LogP contribution in [0.15, 0.2) is 0 Å². The fourth-order valence-corrected chi connectivity index (χ4v) is 2.01. The molecule has 0 aromatic heterocycles. The molecule has 1 aliphatic heterocycles. The van der Waals surface area contributed by atoms with Crippen molar-refractivity contribution >= 4 is 0 Å². The van der Waals surface area contributed by atoms with Crippen molar-refractivity contribution in [3.8, 4) is 0 Å². The topological polar surface area (TPSA) is 12.0 Å². The van der Waals surface area contributed by atoms with Gasteiger partial charge in [-0.1, -0.05) is 0 Å². The molecule has 0 aliphatic carbocycles. The van der Waals surface area contributed by atoms with Gasteiger partial charge < -0.3 is 5.32 Å². The molecule has 11 heavy (non-hydrogen) atoms. The molecule has 0 aromatic carbocycles. The molecule has 1 nitrogen and oxygen atoms in total. The Morgan fingerprint density at radius 3 is 1.45 bits per heavy atom. The fraction of sp³-hybridized carbons (Fsp3) is 1.00. The summed E-state index contributed by atoms with van der Waals surface area (Å²) >= 11 is 0. The van der Waals surface area contributed by atoms with E-state index in [4.69, 9.17) is 0 Å². The van der Waals surface area contributed by atoms with Crippen LogP contribution in [-0.2, 0) is 0 Å². The molecular formula is C9H19ArN. The summed E-state index contributed by atoms with van der Waals surface area (Å²) < 4.78 is 0. The standard InChI is InChI=1S/C9H19N.Ar/c1-8(2)6-5-7-9(3,4)10-8;/h10H,5-7H2,1-4H3;. The number of nitrogens with one attached hydrogen (secondary N) is 1. The van der Waals surface area contributed by atoms with E-state index in [-0.39, 0.29) is 37.7 Å². The molecule has 1 saturated heterocycles. The molecule has 1 N–H and O–H groups in total. The van der Waals surface area contributed by atoms with Crippen LogP contribution in [0.2, 0.25) is 0 Å². The first-order chi connectivity index (χ1) is 4.41. The molecule has 0 spiro atoms. The van der Waals surface area contributed by atoms with E-state index in [1.165, 1.54) is 19.3 Å². The molecule has 0 radical (unpaired) electrons. The molecule has 0 atom stereocenters. The summed E-state index contributed by atoms with van der Waals surface area (Å²) in [6, 6.07) is 0. The second-order valence-electron chi connectivity index (χ2n) is 4.75. The molecule has 1 fully saturated rings. The molecule has 0 unspecified atom stereocenters. The Hall–Kier alpha value is 1.22. The van der Waals surface area contributed by atoms with E-state index in [1.54, 1.807) is 0 Å². The SMILES string of the molecule is CC1(C)CCCC(C)(C)N1.[Ar]. The van der Waals surface area contributed by atoms with Crippen molar-refractivity contribution in [3.05, 3.63) is 0 Å². The Balaban J connectivity index is 0.000001000. The summed E-state index contributed by atoms with van der Waals surface area (Å²) in [4.78, 5) is 0. The maximum atomic E-state index is 3.63. The van der Waals surface area contributed by atoms with Gasteiger partial charge in [0.2, 0.25) is 0 Å². The third-order valence-electron chi connectivity index (χ3n) is 2.28. The van der Waals surface area contributed by atoms with Gasteiger partial charge in [-0.25, -0.2) is 0 Å². The minimum atomic E-state index is 0. The van der Waals surface area contributed by atoms with Gasteiger partial charge in [-0.3, -0.25) is 0 Å². The molecule has 1 rings (SSSR count). The van der Waals surface area contributed by atoms with Gasteiger partial charge in [0.05, 0.1) is 0 Å². The van der Waals surface area contributed by atoms with Gasteiger partial charge in [0.15, 0.2) is 0 Å². The van der Waals surface area contributed by atoms with E-state index >= 15 is 0 Å². The molecular weight excluding hydrogens is 162 g/mol. The summed E-state index contributed by atoms with van der Waals surface area (Å²) in [6.45, 7) is 9.14. The van der Waals surface area contributed by atoms with Gasteiger partial charge in [0.1, 0.15) is 0 Å². The van der Waals surface area contributed by atoms with Crippen LogP contribution in [0, 0.1) is 37.7 Å². The maximum absolute atomic E-state index is 3.63. The van der Waals surface area contributed by atoms with Gasteiger partial charge in [0, 0.05) is 48.8 Å². The Morgan fingerprint density at radius 2 is 1.27 bits per heavy atom. The Kier molecular flexibility index (Phi) is 4.39. The van der Waals surface area contributed by atoms with Gasteiger partial charge >= 0.3 is 0 Å². The summed E-state index contributed by atoms with van der Waals surface area (Å²) in [5.41, 5.74) is 0.726. The van der Waals surface area contributed by atoms with Crippen molar-refractivity contribution < 1.29 is 37.7 Å². The average Bonchev–Trinajstić information content (AvgIpc) is 1.56.